The summed E-state index contributed by atoms with van der Waals surface area (Å²) in [6, 6.07) is 0. The molecule has 2 rings (SSSR count). The van der Waals surface area contributed by atoms with Gasteiger partial charge in [0.2, 0.25) is 0 Å². The Morgan fingerprint density at radius 2 is 2.05 bits per heavy atom. The van der Waals surface area contributed by atoms with Crippen molar-refractivity contribution in [3.05, 3.63) is 24.4 Å². The molecule has 2 aliphatic rings. The summed E-state index contributed by atoms with van der Waals surface area (Å²) in [5, 5.41) is 0. The monoisotopic (exact) mass is 301 g/mol. The first kappa shape index (κ1) is 15.9. The number of amidine groups is 1. The highest BCUT2D eigenvalue weighted by Crippen LogP contribution is 2.32. The first-order valence-corrected chi connectivity index (χ1v) is 6.42. The highest BCUT2D eigenvalue weighted by Gasteiger charge is 2.48. The van der Waals surface area contributed by atoms with E-state index in [1.54, 1.807) is 14.2 Å². The number of ether oxygens (including phenoxy) is 4. The second kappa shape index (κ2) is 6.52. The molecule has 0 aromatic carbocycles. The second-order valence-corrected chi connectivity index (χ2v) is 4.72. The zero-order valence-electron chi connectivity index (χ0n) is 12.3. The summed E-state index contributed by atoms with van der Waals surface area (Å²) in [7, 11) is 4.66. The lowest BCUT2D eigenvalue weighted by Crippen LogP contribution is -2.44. The van der Waals surface area contributed by atoms with Crippen LogP contribution in [0.5, 0.6) is 0 Å². The van der Waals surface area contributed by atoms with Crippen LogP contribution in [0.4, 0.5) is 4.39 Å². The van der Waals surface area contributed by atoms with Gasteiger partial charge in [-0.2, -0.15) is 0 Å². The fourth-order valence-corrected chi connectivity index (χ4v) is 2.50. The van der Waals surface area contributed by atoms with Crippen LogP contribution in [0.15, 0.2) is 29.4 Å². The summed E-state index contributed by atoms with van der Waals surface area (Å²) in [5.41, 5.74) is 5.43. The van der Waals surface area contributed by atoms with Gasteiger partial charge in [0, 0.05) is 27.5 Å². The molecule has 21 heavy (non-hydrogen) atoms. The smallest absolute Gasteiger partial charge is 0.181 e. The fraction of sp³-hybridized carbons (Fsp3) is 0.615. The number of methoxy groups -OCH3 is 3. The van der Waals surface area contributed by atoms with E-state index in [-0.39, 0.29) is 23.9 Å². The minimum atomic E-state index is -0.648. The number of hydrogen-bond acceptors (Lipinski definition) is 7. The maximum absolute atomic E-state index is 13.7. The molecule has 0 aromatic heterocycles. The number of hydrogen-bond donors (Lipinski definition) is 1. The van der Waals surface area contributed by atoms with Crippen molar-refractivity contribution in [1.29, 1.82) is 0 Å². The van der Waals surface area contributed by atoms with E-state index in [4.69, 9.17) is 24.7 Å². The molecule has 0 saturated carbocycles. The molecule has 0 spiro atoms. The molecule has 0 aromatic rings. The van der Waals surface area contributed by atoms with Crippen LogP contribution in [0, 0.1) is 0 Å². The number of aliphatic imine (C=N–C) groups is 1. The van der Waals surface area contributed by atoms with Gasteiger partial charge in [-0.1, -0.05) is 6.58 Å². The van der Waals surface area contributed by atoms with E-state index in [1.165, 1.54) is 18.2 Å². The van der Waals surface area contributed by atoms with E-state index in [0.717, 1.165) is 0 Å². The van der Waals surface area contributed by atoms with E-state index < -0.39 is 18.2 Å². The lowest BCUT2D eigenvalue weighted by atomic mass is 10.1. The van der Waals surface area contributed by atoms with Gasteiger partial charge >= 0.3 is 0 Å². The molecule has 2 N–H and O–H groups in total. The lowest BCUT2D eigenvalue weighted by Gasteiger charge is -2.32. The average molecular weight is 301 g/mol. The number of nitrogens with two attached hydrogens (primary N) is 1. The van der Waals surface area contributed by atoms with Crippen LogP contribution >= 0.6 is 0 Å². The molecule has 4 atom stereocenters. The zero-order chi connectivity index (χ0) is 15.6. The molecule has 0 amide bonds. The Hall–Kier alpha value is -1.48. The average Bonchev–Trinajstić information content (AvgIpc) is 2.80. The van der Waals surface area contributed by atoms with Gasteiger partial charge in [-0.05, 0) is 0 Å². The molecule has 0 radical (unpaired) electrons. The third kappa shape index (κ3) is 2.93. The molecular formula is C13H20FN3O4. The second-order valence-electron chi connectivity index (χ2n) is 4.72. The predicted octanol–water partition coefficient (Wildman–Crippen LogP) is 0.343. The predicted molar refractivity (Wildman–Crippen MR) is 73.9 cm³/mol. The molecule has 0 aliphatic carbocycles. The normalized spacial score (nSPS) is 33.1. The molecule has 1 saturated heterocycles. The fourth-order valence-electron chi connectivity index (χ4n) is 2.50. The SMILES string of the molecule is C=C1N=C(N)C(F)=CN1[C@@H]1O[C@H](COC)C(OC)C1OC. The summed E-state index contributed by atoms with van der Waals surface area (Å²) in [5.74, 6) is -0.584. The highest BCUT2D eigenvalue weighted by molar-refractivity contribution is 5.96. The highest BCUT2D eigenvalue weighted by atomic mass is 19.1. The van der Waals surface area contributed by atoms with Gasteiger partial charge in [-0.3, -0.25) is 0 Å². The lowest BCUT2D eigenvalue weighted by molar-refractivity contribution is -0.0808. The molecule has 0 bridgehead atoms. The summed E-state index contributed by atoms with van der Waals surface area (Å²) >= 11 is 0. The van der Waals surface area contributed by atoms with Crippen LogP contribution in [0.1, 0.15) is 0 Å². The zero-order valence-corrected chi connectivity index (χ0v) is 12.3. The summed E-state index contributed by atoms with van der Waals surface area (Å²) in [6.45, 7) is 4.08. The van der Waals surface area contributed by atoms with Crippen LogP contribution in [0.3, 0.4) is 0 Å². The summed E-state index contributed by atoms with van der Waals surface area (Å²) < 4.78 is 35.5. The van der Waals surface area contributed by atoms with Gasteiger partial charge < -0.3 is 29.6 Å². The van der Waals surface area contributed by atoms with Gasteiger partial charge in [-0.25, -0.2) is 9.38 Å². The molecule has 2 aliphatic heterocycles. The van der Waals surface area contributed by atoms with Gasteiger partial charge in [0.25, 0.3) is 0 Å². The first-order chi connectivity index (χ1) is 10.0. The molecule has 2 heterocycles. The van der Waals surface area contributed by atoms with Crippen molar-refractivity contribution in [3.8, 4) is 0 Å². The van der Waals surface area contributed by atoms with Crippen molar-refractivity contribution in [2.24, 2.45) is 10.7 Å². The Kier molecular flexibility index (Phi) is 4.94. The standard InChI is InChI=1S/C13H20FN3O4/c1-7-16-12(15)8(14)5-17(7)13-11(20-4)10(19-3)9(21-13)6-18-2/h5,9-11,13H,1,6H2,2-4H3,(H2,15,16)/t9-,10?,11?,13-/m1/s1. The number of rotatable bonds is 5. The summed E-state index contributed by atoms with van der Waals surface area (Å²) in [6.07, 6.45) is -0.584. The minimum absolute atomic E-state index is 0.208. The molecule has 8 heteroatoms. The van der Waals surface area contributed by atoms with Crippen LogP contribution in [0.2, 0.25) is 0 Å². The Bertz CT molecular complexity index is 468. The molecule has 118 valence electrons. The quantitative estimate of drug-likeness (QED) is 0.789. The largest absolute Gasteiger partial charge is 0.382 e. The van der Waals surface area contributed by atoms with E-state index in [9.17, 15) is 4.39 Å². The van der Waals surface area contributed by atoms with Crippen molar-refractivity contribution >= 4 is 5.84 Å². The van der Waals surface area contributed by atoms with Gasteiger partial charge in [0.15, 0.2) is 17.9 Å². The van der Waals surface area contributed by atoms with Gasteiger partial charge in [0.05, 0.1) is 6.61 Å². The van der Waals surface area contributed by atoms with E-state index in [2.05, 4.69) is 11.6 Å². The first-order valence-electron chi connectivity index (χ1n) is 6.42. The number of nitrogens with zero attached hydrogens (tertiary/aromatic N) is 2. The Labute approximate surface area is 122 Å². The van der Waals surface area contributed by atoms with Crippen LogP contribution in [-0.4, -0.2) is 63.2 Å². The van der Waals surface area contributed by atoms with Crippen molar-refractivity contribution in [1.82, 2.24) is 4.90 Å². The van der Waals surface area contributed by atoms with Gasteiger partial charge in [0.1, 0.15) is 24.1 Å². The topological polar surface area (TPSA) is 78.5 Å². The maximum atomic E-state index is 13.7. The third-order valence-corrected chi connectivity index (χ3v) is 3.48. The Morgan fingerprint density at radius 3 is 2.62 bits per heavy atom. The summed E-state index contributed by atoms with van der Waals surface area (Å²) in [4.78, 5) is 5.30. The van der Waals surface area contributed by atoms with Gasteiger partial charge in [-0.15, -0.1) is 0 Å². The van der Waals surface area contributed by atoms with Crippen LogP contribution in [-0.2, 0) is 18.9 Å². The van der Waals surface area contributed by atoms with Crippen molar-refractivity contribution in [2.45, 2.75) is 24.5 Å². The molecule has 7 nitrogen and oxygen atoms in total. The van der Waals surface area contributed by atoms with E-state index >= 15 is 0 Å². The number of halogens is 1. The van der Waals surface area contributed by atoms with Crippen molar-refractivity contribution in [3.63, 3.8) is 0 Å². The van der Waals surface area contributed by atoms with Crippen LogP contribution in [0.25, 0.3) is 0 Å². The molecule has 1 fully saturated rings. The molecular weight excluding hydrogens is 281 g/mol. The van der Waals surface area contributed by atoms with E-state index in [1.807, 2.05) is 0 Å². The van der Waals surface area contributed by atoms with Crippen LogP contribution < -0.4 is 5.73 Å². The molecule has 2 unspecified atom stereocenters. The Morgan fingerprint density at radius 1 is 1.38 bits per heavy atom. The third-order valence-electron chi connectivity index (χ3n) is 3.48. The Balaban J connectivity index is 2.24. The maximum Gasteiger partial charge on any atom is 0.181 e. The van der Waals surface area contributed by atoms with Crippen molar-refractivity contribution in [2.75, 3.05) is 27.9 Å². The minimum Gasteiger partial charge on any atom is -0.382 e. The van der Waals surface area contributed by atoms with Crippen molar-refractivity contribution < 1.29 is 23.3 Å². The van der Waals surface area contributed by atoms with E-state index in [0.29, 0.717) is 6.61 Å².